The van der Waals surface area contributed by atoms with Crippen molar-refractivity contribution < 1.29 is 9.53 Å². The number of nitrogens with one attached hydrogen (secondary N) is 2. The summed E-state index contributed by atoms with van der Waals surface area (Å²) in [7, 11) is 1.64. The van der Waals surface area contributed by atoms with Crippen molar-refractivity contribution >= 4 is 5.91 Å². The summed E-state index contributed by atoms with van der Waals surface area (Å²) in [6.07, 6.45) is 4.46. The normalized spacial score (nSPS) is 28.1. The molecule has 18 heavy (non-hydrogen) atoms. The van der Waals surface area contributed by atoms with E-state index in [1.54, 1.807) is 7.11 Å². The summed E-state index contributed by atoms with van der Waals surface area (Å²) in [5.74, 6) is 1.62. The molecule has 0 radical (unpaired) electrons. The van der Waals surface area contributed by atoms with Crippen molar-refractivity contribution in [3.8, 4) is 0 Å². The molecule has 0 saturated heterocycles. The van der Waals surface area contributed by atoms with E-state index in [0.717, 1.165) is 18.4 Å². The lowest BCUT2D eigenvalue weighted by Gasteiger charge is -2.34. The van der Waals surface area contributed by atoms with Gasteiger partial charge in [-0.05, 0) is 18.3 Å². The second kappa shape index (κ2) is 8.48. The Kier molecular flexibility index (Phi) is 7.28. The van der Waals surface area contributed by atoms with Gasteiger partial charge >= 0.3 is 0 Å². The second-order valence-electron chi connectivity index (χ2n) is 5.42. The molecule has 0 aromatic carbocycles. The van der Waals surface area contributed by atoms with E-state index in [1.165, 1.54) is 19.3 Å². The molecule has 106 valence electrons. The van der Waals surface area contributed by atoms with Crippen LogP contribution in [0.15, 0.2) is 0 Å². The summed E-state index contributed by atoms with van der Waals surface area (Å²) in [5, 5.41) is 6.37. The van der Waals surface area contributed by atoms with Crippen molar-refractivity contribution in [3.63, 3.8) is 0 Å². The number of hydrogen-bond donors (Lipinski definition) is 2. The summed E-state index contributed by atoms with van der Waals surface area (Å²) in [6, 6.07) is 0.584. The van der Waals surface area contributed by atoms with E-state index >= 15 is 0 Å². The molecule has 0 aromatic heterocycles. The zero-order valence-electron chi connectivity index (χ0n) is 12.0. The maximum atomic E-state index is 11.5. The highest BCUT2D eigenvalue weighted by Gasteiger charge is 2.26. The van der Waals surface area contributed by atoms with Crippen LogP contribution in [0.5, 0.6) is 0 Å². The number of amides is 1. The lowest BCUT2D eigenvalue weighted by Crippen LogP contribution is -2.42. The van der Waals surface area contributed by atoms with Gasteiger partial charge in [0.05, 0.1) is 6.61 Å². The van der Waals surface area contributed by atoms with Crippen LogP contribution in [0.4, 0.5) is 0 Å². The topological polar surface area (TPSA) is 50.4 Å². The molecule has 1 aliphatic rings. The summed E-state index contributed by atoms with van der Waals surface area (Å²) >= 11 is 0. The van der Waals surface area contributed by atoms with Crippen molar-refractivity contribution in [1.82, 2.24) is 10.6 Å². The van der Waals surface area contributed by atoms with Gasteiger partial charge in [0.2, 0.25) is 5.91 Å². The largest absolute Gasteiger partial charge is 0.383 e. The van der Waals surface area contributed by atoms with Crippen LogP contribution in [-0.4, -0.2) is 38.8 Å². The zero-order chi connectivity index (χ0) is 13.4. The third kappa shape index (κ3) is 5.36. The molecule has 0 aliphatic heterocycles. The highest BCUT2D eigenvalue weighted by molar-refractivity contribution is 5.76. The number of ether oxygens (including phenoxy) is 1. The lowest BCUT2D eigenvalue weighted by molar-refractivity contribution is -0.121. The molecule has 1 amide bonds. The summed E-state index contributed by atoms with van der Waals surface area (Å²) in [4.78, 5) is 11.5. The fourth-order valence-electron chi connectivity index (χ4n) is 2.62. The Balaban J connectivity index is 2.11. The first-order chi connectivity index (χ1) is 8.65. The second-order valence-corrected chi connectivity index (χ2v) is 5.42. The van der Waals surface area contributed by atoms with E-state index in [1.807, 2.05) is 0 Å². The number of rotatable bonds is 7. The van der Waals surface area contributed by atoms with Crippen LogP contribution in [0, 0.1) is 11.8 Å². The number of carbonyl (C=O) groups excluding carboxylic acids is 1. The Bertz CT molecular complexity index is 246. The van der Waals surface area contributed by atoms with Crippen molar-refractivity contribution in [1.29, 1.82) is 0 Å². The molecule has 0 aromatic rings. The number of carbonyl (C=O) groups is 1. The van der Waals surface area contributed by atoms with Gasteiger partial charge < -0.3 is 15.4 Å². The van der Waals surface area contributed by atoms with Crippen LogP contribution in [0.25, 0.3) is 0 Å². The van der Waals surface area contributed by atoms with Gasteiger partial charge in [0.15, 0.2) is 0 Å². The van der Waals surface area contributed by atoms with Crippen LogP contribution in [-0.2, 0) is 9.53 Å². The Morgan fingerprint density at radius 1 is 1.28 bits per heavy atom. The van der Waals surface area contributed by atoms with Gasteiger partial charge in [-0.3, -0.25) is 4.79 Å². The minimum atomic E-state index is 0.107. The smallest absolute Gasteiger partial charge is 0.221 e. The van der Waals surface area contributed by atoms with E-state index in [2.05, 4.69) is 24.5 Å². The van der Waals surface area contributed by atoms with Gasteiger partial charge in [-0.2, -0.15) is 0 Å². The predicted octanol–water partition coefficient (Wildman–Crippen LogP) is 1.55. The molecule has 3 unspecified atom stereocenters. The molecule has 1 fully saturated rings. The Morgan fingerprint density at radius 3 is 2.78 bits per heavy atom. The highest BCUT2D eigenvalue weighted by atomic mass is 16.5. The van der Waals surface area contributed by atoms with Crippen molar-refractivity contribution in [3.05, 3.63) is 0 Å². The van der Waals surface area contributed by atoms with Crippen molar-refractivity contribution in [2.24, 2.45) is 11.8 Å². The van der Waals surface area contributed by atoms with Crippen LogP contribution < -0.4 is 10.6 Å². The average Bonchev–Trinajstić information content (AvgIpc) is 2.35. The molecular weight excluding hydrogens is 228 g/mol. The van der Waals surface area contributed by atoms with E-state index < -0.39 is 0 Å². The first-order valence-corrected chi connectivity index (χ1v) is 7.14. The lowest BCUT2D eigenvalue weighted by atomic mass is 9.78. The maximum absolute atomic E-state index is 11.5. The Hall–Kier alpha value is -0.610. The minimum absolute atomic E-state index is 0.107. The van der Waals surface area contributed by atoms with Crippen LogP contribution in [0.1, 0.15) is 39.5 Å². The van der Waals surface area contributed by atoms with Crippen LogP contribution in [0.3, 0.4) is 0 Å². The summed E-state index contributed by atoms with van der Waals surface area (Å²) in [6.45, 7) is 6.61. The molecule has 4 heteroatoms. The first kappa shape index (κ1) is 15.4. The van der Waals surface area contributed by atoms with E-state index in [0.29, 0.717) is 25.6 Å². The quantitative estimate of drug-likeness (QED) is 0.680. The van der Waals surface area contributed by atoms with Gasteiger partial charge in [-0.1, -0.05) is 26.7 Å². The monoisotopic (exact) mass is 256 g/mol. The summed E-state index contributed by atoms with van der Waals surface area (Å²) in [5.41, 5.74) is 0. The van der Waals surface area contributed by atoms with Crippen molar-refractivity contribution in [2.75, 3.05) is 26.8 Å². The van der Waals surface area contributed by atoms with Gasteiger partial charge in [0.25, 0.3) is 0 Å². The van der Waals surface area contributed by atoms with Gasteiger partial charge in [-0.15, -0.1) is 0 Å². The zero-order valence-corrected chi connectivity index (χ0v) is 12.0. The molecule has 1 aliphatic carbocycles. The standard InChI is InChI=1S/C14H28N2O2/c1-11-5-4-6-13(12(11)2)15-8-7-14(17)16-9-10-18-3/h11-13,15H,4-10H2,1-3H3,(H,16,17). The van der Waals surface area contributed by atoms with E-state index in [4.69, 9.17) is 4.74 Å². The average molecular weight is 256 g/mol. The number of hydrogen-bond acceptors (Lipinski definition) is 3. The summed E-state index contributed by atoms with van der Waals surface area (Å²) < 4.78 is 4.89. The van der Waals surface area contributed by atoms with Crippen LogP contribution >= 0.6 is 0 Å². The first-order valence-electron chi connectivity index (χ1n) is 7.14. The molecule has 1 saturated carbocycles. The third-order valence-electron chi connectivity index (χ3n) is 4.09. The molecule has 0 heterocycles. The Morgan fingerprint density at radius 2 is 2.06 bits per heavy atom. The number of methoxy groups -OCH3 is 1. The molecule has 0 bridgehead atoms. The molecule has 3 atom stereocenters. The highest BCUT2D eigenvalue weighted by Crippen LogP contribution is 2.29. The minimum Gasteiger partial charge on any atom is -0.383 e. The van der Waals surface area contributed by atoms with Crippen LogP contribution in [0.2, 0.25) is 0 Å². The third-order valence-corrected chi connectivity index (χ3v) is 4.09. The SMILES string of the molecule is COCCNC(=O)CCNC1CCCC(C)C1C. The predicted molar refractivity (Wildman–Crippen MR) is 73.5 cm³/mol. The van der Waals surface area contributed by atoms with Gasteiger partial charge in [0.1, 0.15) is 0 Å². The maximum Gasteiger partial charge on any atom is 0.221 e. The molecular formula is C14H28N2O2. The fourth-order valence-corrected chi connectivity index (χ4v) is 2.62. The van der Waals surface area contributed by atoms with E-state index in [9.17, 15) is 4.79 Å². The molecule has 2 N–H and O–H groups in total. The fraction of sp³-hybridized carbons (Fsp3) is 0.929. The Labute approximate surface area is 111 Å². The van der Waals surface area contributed by atoms with Gasteiger partial charge in [-0.25, -0.2) is 0 Å². The van der Waals surface area contributed by atoms with Crippen molar-refractivity contribution in [2.45, 2.75) is 45.6 Å². The van der Waals surface area contributed by atoms with Gasteiger partial charge in [0, 0.05) is 32.7 Å². The van der Waals surface area contributed by atoms with E-state index in [-0.39, 0.29) is 5.91 Å². The molecule has 0 spiro atoms. The molecule has 4 nitrogen and oxygen atoms in total. The molecule has 1 rings (SSSR count).